The fourth-order valence-electron chi connectivity index (χ4n) is 2.77. The third-order valence-electron chi connectivity index (χ3n) is 4.02. The number of hydrogen-bond donors (Lipinski definition) is 2. The second kappa shape index (κ2) is 6.22. The Morgan fingerprint density at radius 3 is 2.95 bits per heavy atom. The van der Waals surface area contributed by atoms with E-state index in [1.54, 1.807) is 11.3 Å². The van der Waals surface area contributed by atoms with Gasteiger partial charge in [0.1, 0.15) is 0 Å². The van der Waals surface area contributed by atoms with E-state index in [0.717, 1.165) is 30.8 Å². The van der Waals surface area contributed by atoms with Gasteiger partial charge >= 0.3 is 0 Å². The third-order valence-corrected chi connectivity index (χ3v) is 5.00. The van der Waals surface area contributed by atoms with Crippen LogP contribution in [0, 0.1) is 6.92 Å². The van der Waals surface area contributed by atoms with Crippen molar-refractivity contribution in [1.29, 1.82) is 0 Å². The van der Waals surface area contributed by atoms with E-state index in [-0.39, 0.29) is 11.9 Å². The average Bonchev–Trinajstić information content (AvgIpc) is 3.10. The van der Waals surface area contributed by atoms with E-state index >= 15 is 0 Å². The van der Waals surface area contributed by atoms with E-state index in [1.165, 1.54) is 9.75 Å². The second-order valence-corrected chi connectivity index (χ2v) is 7.37. The summed E-state index contributed by atoms with van der Waals surface area (Å²) in [6.45, 7) is 8.49. The lowest BCUT2D eigenvalue weighted by Crippen LogP contribution is -2.37. The van der Waals surface area contributed by atoms with Gasteiger partial charge in [0.25, 0.3) is 5.91 Å². The molecule has 2 aromatic heterocycles. The van der Waals surface area contributed by atoms with Crippen molar-refractivity contribution < 1.29 is 4.79 Å². The van der Waals surface area contributed by atoms with E-state index in [2.05, 4.69) is 48.4 Å². The maximum Gasteiger partial charge on any atom is 0.275 e. The molecule has 2 N–H and O–H groups in total. The molecule has 0 bridgehead atoms. The van der Waals surface area contributed by atoms with Gasteiger partial charge in [-0.3, -0.25) is 9.89 Å². The maximum atomic E-state index is 13.0. The predicted octanol–water partition coefficient (Wildman–Crippen LogP) is 2.48. The summed E-state index contributed by atoms with van der Waals surface area (Å²) >= 11 is 1.74. The van der Waals surface area contributed by atoms with Gasteiger partial charge in [-0.2, -0.15) is 5.10 Å². The molecule has 0 fully saturated rings. The van der Waals surface area contributed by atoms with Crippen molar-refractivity contribution in [3.63, 3.8) is 0 Å². The van der Waals surface area contributed by atoms with Gasteiger partial charge in [0.05, 0.1) is 6.54 Å². The van der Waals surface area contributed by atoms with Crippen molar-refractivity contribution in [2.45, 2.75) is 46.3 Å². The number of nitrogens with one attached hydrogen (secondary N) is 2. The number of carbonyl (C=O) groups excluding carboxylic acids is 1. The van der Waals surface area contributed by atoms with Gasteiger partial charge < -0.3 is 10.2 Å². The van der Waals surface area contributed by atoms with Crippen molar-refractivity contribution >= 4 is 17.2 Å². The van der Waals surface area contributed by atoms with Crippen LogP contribution in [0.5, 0.6) is 0 Å². The molecule has 3 rings (SSSR count). The Hall–Kier alpha value is -1.66. The molecule has 0 unspecified atom stereocenters. The number of aryl methyl sites for hydroxylation is 1. The Morgan fingerprint density at radius 2 is 2.27 bits per heavy atom. The highest BCUT2D eigenvalue weighted by Crippen LogP contribution is 2.22. The molecule has 0 atom stereocenters. The number of nitrogens with zero attached hydrogens (tertiary/aromatic N) is 2. The zero-order chi connectivity index (χ0) is 15.7. The van der Waals surface area contributed by atoms with Crippen LogP contribution in [0.15, 0.2) is 12.1 Å². The zero-order valence-electron chi connectivity index (χ0n) is 13.3. The molecule has 3 heterocycles. The Bertz CT molecular complexity index is 673. The SMILES string of the molecule is Cc1ccc(CN(C(=O)c2n[nH]c3c2CNCC3)C(C)C)s1. The van der Waals surface area contributed by atoms with E-state index in [1.807, 2.05) is 4.90 Å². The summed E-state index contributed by atoms with van der Waals surface area (Å²) < 4.78 is 0. The zero-order valence-corrected chi connectivity index (χ0v) is 14.1. The van der Waals surface area contributed by atoms with Crippen LogP contribution in [0.25, 0.3) is 0 Å². The summed E-state index contributed by atoms with van der Waals surface area (Å²) in [5, 5.41) is 10.6. The number of hydrogen-bond acceptors (Lipinski definition) is 4. The lowest BCUT2D eigenvalue weighted by molar-refractivity contribution is 0.0685. The molecular formula is C16H22N4OS. The molecule has 1 amide bonds. The number of H-pyrrole nitrogens is 1. The van der Waals surface area contributed by atoms with Crippen LogP contribution in [-0.4, -0.2) is 33.6 Å². The summed E-state index contributed by atoms with van der Waals surface area (Å²) in [7, 11) is 0. The van der Waals surface area contributed by atoms with Crippen LogP contribution in [0.1, 0.15) is 45.3 Å². The summed E-state index contributed by atoms with van der Waals surface area (Å²) in [4.78, 5) is 17.3. The summed E-state index contributed by atoms with van der Waals surface area (Å²) in [5.41, 5.74) is 2.70. The Kier molecular flexibility index (Phi) is 4.31. The van der Waals surface area contributed by atoms with Gasteiger partial charge in [-0.1, -0.05) is 0 Å². The van der Waals surface area contributed by atoms with E-state index < -0.39 is 0 Å². The van der Waals surface area contributed by atoms with Crippen molar-refractivity contribution in [1.82, 2.24) is 20.4 Å². The molecule has 0 saturated carbocycles. The lowest BCUT2D eigenvalue weighted by atomic mass is 10.1. The highest BCUT2D eigenvalue weighted by Gasteiger charge is 2.27. The number of aromatic amines is 1. The quantitative estimate of drug-likeness (QED) is 0.910. The minimum absolute atomic E-state index is 0.0160. The van der Waals surface area contributed by atoms with Crippen molar-refractivity contribution in [3.05, 3.63) is 38.8 Å². The van der Waals surface area contributed by atoms with Crippen LogP contribution in [0.2, 0.25) is 0 Å². The van der Waals surface area contributed by atoms with Crippen LogP contribution < -0.4 is 5.32 Å². The molecule has 6 heteroatoms. The Labute approximate surface area is 134 Å². The average molecular weight is 318 g/mol. The first-order valence-corrected chi connectivity index (χ1v) is 8.51. The molecule has 22 heavy (non-hydrogen) atoms. The third kappa shape index (κ3) is 2.94. The van der Waals surface area contributed by atoms with Crippen LogP contribution >= 0.6 is 11.3 Å². The molecule has 118 valence electrons. The number of amides is 1. The first kappa shape index (κ1) is 15.2. The Morgan fingerprint density at radius 1 is 1.45 bits per heavy atom. The topological polar surface area (TPSA) is 61.0 Å². The van der Waals surface area contributed by atoms with Gasteiger partial charge in [-0.05, 0) is 32.9 Å². The highest BCUT2D eigenvalue weighted by molar-refractivity contribution is 7.11. The van der Waals surface area contributed by atoms with Gasteiger partial charge in [0, 0.05) is 46.6 Å². The number of thiophene rings is 1. The highest BCUT2D eigenvalue weighted by atomic mass is 32.1. The number of fused-ring (bicyclic) bond motifs is 1. The van der Waals surface area contributed by atoms with Gasteiger partial charge in [-0.15, -0.1) is 11.3 Å². The lowest BCUT2D eigenvalue weighted by Gasteiger charge is -2.26. The van der Waals surface area contributed by atoms with E-state index in [9.17, 15) is 4.79 Å². The molecule has 5 nitrogen and oxygen atoms in total. The maximum absolute atomic E-state index is 13.0. The standard InChI is InChI=1S/C16H22N4OS/c1-10(2)20(9-12-5-4-11(3)22-12)16(21)15-13-8-17-7-6-14(13)18-19-15/h4-5,10,17H,6-9H2,1-3H3,(H,18,19). The minimum Gasteiger partial charge on any atom is -0.330 e. The molecule has 0 aromatic carbocycles. The summed E-state index contributed by atoms with van der Waals surface area (Å²) in [6.07, 6.45) is 0.904. The molecule has 1 aliphatic heterocycles. The summed E-state index contributed by atoms with van der Waals surface area (Å²) in [5.74, 6) is 0.0160. The van der Waals surface area contributed by atoms with Crippen molar-refractivity contribution in [3.8, 4) is 0 Å². The van der Waals surface area contributed by atoms with Gasteiger partial charge in [0.15, 0.2) is 5.69 Å². The monoisotopic (exact) mass is 318 g/mol. The largest absolute Gasteiger partial charge is 0.330 e. The number of rotatable bonds is 4. The normalized spacial score (nSPS) is 14.2. The molecular weight excluding hydrogens is 296 g/mol. The van der Waals surface area contributed by atoms with Gasteiger partial charge in [-0.25, -0.2) is 0 Å². The molecule has 1 aliphatic rings. The molecule has 0 spiro atoms. The second-order valence-electron chi connectivity index (χ2n) is 6.00. The van der Waals surface area contributed by atoms with Crippen LogP contribution in [0.4, 0.5) is 0 Å². The number of carbonyl (C=O) groups is 1. The summed E-state index contributed by atoms with van der Waals surface area (Å²) in [6, 6.07) is 4.34. The Balaban J connectivity index is 1.85. The molecule has 0 saturated heterocycles. The van der Waals surface area contributed by atoms with E-state index in [4.69, 9.17) is 0 Å². The minimum atomic E-state index is 0.0160. The molecule has 0 radical (unpaired) electrons. The first-order chi connectivity index (χ1) is 10.6. The van der Waals surface area contributed by atoms with Gasteiger partial charge in [0.2, 0.25) is 0 Å². The van der Waals surface area contributed by atoms with Crippen molar-refractivity contribution in [2.75, 3.05) is 6.54 Å². The predicted molar refractivity (Wildman–Crippen MR) is 88.1 cm³/mol. The van der Waals surface area contributed by atoms with E-state index in [0.29, 0.717) is 12.2 Å². The smallest absolute Gasteiger partial charge is 0.275 e. The first-order valence-electron chi connectivity index (χ1n) is 7.69. The van der Waals surface area contributed by atoms with Crippen LogP contribution in [-0.2, 0) is 19.5 Å². The fraction of sp³-hybridized carbons (Fsp3) is 0.500. The van der Waals surface area contributed by atoms with Crippen molar-refractivity contribution in [2.24, 2.45) is 0 Å². The fourth-order valence-corrected chi connectivity index (χ4v) is 3.65. The van der Waals surface area contributed by atoms with Crippen LogP contribution in [0.3, 0.4) is 0 Å². The molecule has 2 aromatic rings. The number of aromatic nitrogens is 2. The molecule has 0 aliphatic carbocycles.